The van der Waals surface area contributed by atoms with Gasteiger partial charge >= 0.3 is 6.18 Å². The van der Waals surface area contributed by atoms with E-state index in [9.17, 15) is 18.0 Å². The van der Waals surface area contributed by atoms with Gasteiger partial charge < -0.3 is 9.80 Å². The summed E-state index contributed by atoms with van der Waals surface area (Å²) in [6.45, 7) is 2.37. The third-order valence-electron chi connectivity index (χ3n) is 4.50. The number of rotatable bonds is 4. The highest BCUT2D eigenvalue weighted by Crippen LogP contribution is 2.30. The Hall–Kier alpha value is -2.50. The van der Waals surface area contributed by atoms with E-state index < -0.39 is 11.7 Å². The van der Waals surface area contributed by atoms with Crippen LogP contribution in [0.2, 0.25) is 0 Å². The van der Waals surface area contributed by atoms with Crippen LogP contribution in [0.25, 0.3) is 0 Å². The molecule has 137 valence electrons. The summed E-state index contributed by atoms with van der Waals surface area (Å²) in [6, 6.07) is 14.9. The molecule has 26 heavy (non-hydrogen) atoms. The van der Waals surface area contributed by atoms with Crippen molar-refractivity contribution in [1.82, 2.24) is 4.90 Å². The van der Waals surface area contributed by atoms with Crippen molar-refractivity contribution in [3.63, 3.8) is 0 Å². The normalized spacial score (nSPS) is 15.2. The summed E-state index contributed by atoms with van der Waals surface area (Å²) in [5.41, 5.74) is 1.12. The van der Waals surface area contributed by atoms with Gasteiger partial charge in [0.2, 0.25) is 5.91 Å². The van der Waals surface area contributed by atoms with Crippen LogP contribution in [0, 0.1) is 6.42 Å². The molecule has 0 aromatic heterocycles. The molecule has 0 spiro atoms. The Morgan fingerprint density at radius 1 is 0.923 bits per heavy atom. The molecular formula is C20H20F3N2O. The highest BCUT2D eigenvalue weighted by molar-refractivity contribution is 5.78. The number of nitrogens with zero attached hydrogens (tertiary/aromatic N) is 2. The Labute approximate surface area is 151 Å². The molecular weight excluding hydrogens is 341 g/mol. The van der Waals surface area contributed by atoms with Crippen LogP contribution < -0.4 is 4.90 Å². The number of carbonyl (C=O) groups excluding carboxylic acids is 1. The maximum Gasteiger partial charge on any atom is 0.416 e. The fourth-order valence-corrected chi connectivity index (χ4v) is 3.00. The maximum atomic E-state index is 12.6. The van der Waals surface area contributed by atoms with Gasteiger partial charge in [-0.2, -0.15) is 13.2 Å². The Morgan fingerprint density at radius 2 is 1.54 bits per heavy atom. The summed E-state index contributed by atoms with van der Waals surface area (Å²) in [6.07, 6.45) is -2.06. The van der Waals surface area contributed by atoms with Crippen LogP contribution in [-0.4, -0.2) is 37.0 Å². The van der Waals surface area contributed by atoms with Crippen LogP contribution in [-0.2, 0) is 11.0 Å². The lowest BCUT2D eigenvalue weighted by atomic mass is 10.1. The van der Waals surface area contributed by atoms with Crippen LogP contribution in [0.3, 0.4) is 0 Å². The molecule has 1 aliphatic rings. The highest BCUT2D eigenvalue weighted by atomic mass is 19.4. The predicted molar refractivity (Wildman–Crippen MR) is 94.7 cm³/mol. The lowest BCUT2D eigenvalue weighted by molar-refractivity contribution is -0.137. The molecule has 1 radical (unpaired) electrons. The zero-order valence-electron chi connectivity index (χ0n) is 14.2. The first-order chi connectivity index (χ1) is 12.4. The SMILES string of the molecule is O=C(C[CH]c1ccccc1)N1CCN(c2ccc(C(F)(F)F)cc2)CC1. The van der Waals surface area contributed by atoms with Gasteiger partial charge in [0.25, 0.3) is 0 Å². The summed E-state index contributed by atoms with van der Waals surface area (Å²) in [7, 11) is 0. The number of amides is 1. The second-order valence-corrected chi connectivity index (χ2v) is 6.23. The zero-order chi connectivity index (χ0) is 18.6. The third kappa shape index (κ3) is 4.56. The molecule has 1 saturated heterocycles. The van der Waals surface area contributed by atoms with E-state index in [1.807, 2.05) is 41.7 Å². The number of hydrogen-bond acceptors (Lipinski definition) is 2. The van der Waals surface area contributed by atoms with E-state index in [0.29, 0.717) is 32.6 Å². The van der Waals surface area contributed by atoms with Gasteiger partial charge in [-0.15, -0.1) is 0 Å². The standard InChI is InChI=1S/C20H20F3N2O/c21-20(22,23)17-7-9-18(10-8-17)24-12-14-25(15-13-24)19(26)11-6-16-4-2-1-3-5-16/h1-10H,11-15H2. The lowest BCUT2D eigenvalue weighted by Gasteiger charge is -2.36. The van der Waals surface area contributed by atoms with Crippen LogP contribution in [0.5, 0.6) is 0 Å². The Kier molecular flexibility index (Phi) is 5.49. The van der Waals surface area contributed by atoms with E-state index in [1.54, 1.807) is 4.90 Å². The number of alkyl halides is 3. The molecule has 1 heterocycles. The molecule has 6 heteroatoms. The first-order valence-electron chi connectivity index (χ1n) is 8.52. The van der Waals surface area contributed by atoms with Crippen LogP contribution in [0.4, 0.5) is 18.9 Å². The Morgan fingerprint density at radius 3 is 2.12 bits per heavy atom. The smallest absolute Gasteiger partial charge is 0.368 e. The van der Waals surface area contributed by atoms with Gasteiger partial charge in [0, 0.05) is 38.3 Å². The van der Waals surface area contributed by atoms with E-state index in [0.717, 1.165) is 23.4 Å². The quantitative estimate of drug-likeness (QED) is 0.822. The molecule has 0 saturated carbocycles. The van der Waals surface area contributed by atoms with E-state index in [-0.39, 0.29) is 5.91 Å². The highest BCUT2D eigenvalue weighted by Gasteiger charge is 2.30. The molecule has 2 aromatic rings. The lowest BCUT2D eigenvalue weighted by Crippen LogP contribution is -2.48. The summed E-state index contributed by atoms with van der Waals surface area (Å²) in [5.74, 6) is 0.0703. The van der Waals surface area contributed by atoms with Crippen molar-refractivity contribution in [2.45, 2.75) is 12.6 Å². The van der Waals surface area contributed by atoms with E-state index in [4.69, 9.17) is 0 Å². The first kappa shape index (κ1) is 18.3. The Bertz CT molecular complexity index is 721. The zero-order valence-corrected chi connectivity index (χ0v) is 14.2. The van der Waals surface area contributed by atoms with Crippen LogP contribution >= 0.6 is 0 Å². The van der Waals surface area contributed by atoms with Crippen LogP contribution in [0.1, 0.15) is 17.5 Å². The topological polar surface area (TPSA) is 23.6 Å². The minimum absolute atomic E-state index is 0.0703. The Balaban J connectivity index is 1.50. The average Bonchev–Trinajstić information content (AvgIpc) is 2.66. The number of piperazine rings is 1. The molecule has 3 rings (SSSR count). The predicted octanol–water partition coefficient (Wildman–Crippen LogP) is 4.00. The molecule has 1 fully saturated rings. The van der Waals surface area contributed by atoms with Gasteiger partial charge in [0.1, 0.15) is 0 Å². The molecule has 0 N–H and O–H groups in total. The number of hydrogen-bond donors (Lipinski definition) is 0. The molecule has 0 unspecified atom stereocenters. The van der Waals surface area contributed by atoms with E-state index in [1.165, 1.54) is 12.1 Å². The minimum Gasteiger partial charge on any atom is -0.368 e. The second-order valence-electron chi connectivity index (χ2n) is 6.23. The molecule has 0 aliphatic carbocycles. The van der Waals surface area contributed by atoms with Gasteiger partial charge in [-0.05, 0) is 36.2 Å². The third-order valence-corrected chi connectivity index (χ3v) is 4.50. The summed E-state index contributed by atoms with van der Waals surface area (Å²) in [4.78, 5) is 16.1. The molecule has 2 aromatic carbocycles. The number of benzene rings is 2. The van der Waals surface area contributed by atoms with Gasteiger partial charge in [0.15, 0.2) is 0 Å². The van der Waals surface area contributed by atoms with Crippen molar-refractivity contribution in [2.24, 2.45) is 0 Å². The van der Waals surface area contributed by atoms with Crippen molar-refractivity contribution in [2.75, 3.05) is 31.1 Å². The van der Waals surface area contributed by atoms with Gasteiger partial charge in [-0.1, -0.05) is 30.3 Å². The van der Waals surface area contributed by atoms with Crippen molar-refractivity contribution in [3.8, 4) is 0 Å². The molecule has 0 bridgehead atoms. The van der Waals surface area contributed by atoms with Gasteiger partial charge in [-0.3, -0.25) is 4.79 Å². The molecule has 1 aliphatic heterocycles. The molecule has 1 amide bonds. The van der Waals surface area contributed by atoms with Crippen LogP contribution in [0.15, 0.2) is 54.6 Å². The maximum absolute atomic E-state index is 12.6. The fourth-order valence-electron chi connectivity index (χ4n) is 3.00. The first-order valence-corrected chi connectivity index (χ1v) is 8.52. The van der Waals surface area contributed by atoms with E-state index in [2.05, 4.69) is 0 Å². The second kappa shape index (κ2) is 7.81. The number of halogens is 3. The summed E-state index contributed by atoms with van der Waals surface area (Å²) >= 11 is 0. The molecule has 3 nitrogen and oxygen atoms in total. The summed E-state index contributed by atoms with van der Waals surface area (Å²) in [5, 5.41) is 0. The number of carbonyl (C=O) groups is 1. The number of anilines is 1. The largest absolute Gasteiger partial charge is 0.416 e. The minimum atomic E-state index is -4.32. The fraction of sp³-hybridized carbons (Fsp3) is 0.300. The van der Waals surface area contributed by atoms with Crippen molar-refractivity contribution < 1.29 is 18.0 Å². The van der Waals surface area contributed by atoms with Crippen molar-refractivity contribution >= 4 is 11.6 Å². The van der Waals surface area contributed by atoms with Crippen molar-refractivity contribution in [1.29, 1.82) is 0 Å². The van der Waals surface area contributed by atoms with E-state index >= 15 is 0 Å². The summed E-state index contributed by atoms with van der Waals surface area (Å²) < 4.78 is 37.9. The molecule has 0 atom stereocenters. The van der Waals surface area contributed by atoms with Gasteiger partial charge in [-0.25, -0.2) is 0 Å². The van der Waals surface area contributed by atoms with Crippen molar-refractivity contribution in [3.05, 3.63) is 72.1 Å². The van der Waals surface area contributed by atoms with Gasteiger partial charge in [0.05, 0.1) is 5.56 Å². The monoisotopic (exact) mass is 361 g/mol. The average molecular weight is 361 g/mol.